The van der Waals surface area contributed by atoms with Gasteiger partial charge in [0.25, 0.3) is 0 Å². The van der Waals surface area contributed by atoms with Crippen LogP contribution < -0.4 is 4.74 Å². The first-order valence-corrected chi connectivity index (χ1v) is 10.0. The Morgan fingerprint density at radius 1 is 1.10 bits per heavy atom. The molecular weight excluding hydrogens is 477 g/mol. The third kappa shape index (κ3) is 3.74. The maximum atomic E-state index is 10.5. The number of phenols is 1. The summed E-state index contributed by atoms with van der Waals surface area (Å²) in [6.07, 6.45) is 1.61. The topological polar surface area (TPSA) is 89.5 Å². The fraction of sp³-hybridized carbons (Fsp3) is 0.0870. The van der Waals surface area contributed by atoms with Gasteiger partial charge >= 0.3 is 0 Å². The molecule has 1 heterocycles. The summed E-state index contributed by atoms with van der Waals surface area (Å²) in [5, 5.41) is 28.3. The first-order chi connectivity index (χ1) is 14.1. The third-order valence-electron chi connectivity index (χ3n) is 4.82. The van der Waals surface area contributed by atoms with Crippen molar-refractivity contribution >= 4 is 40.4 Å². The first kappa shape index (κ1) is 19.2. The van der Waals surface area contributed by atoms with Gasteiger partial charge in [-0.15, -0.1) is 0 Å². The van der Waals surface area contributed by atoms with Gasteiger partial charge < -0.3 is 9.84 Å². The number of aliphatic imine (C=N–C) groups is 1. The van der Waals surface area contributed by atoms with Gasteiger partial charge in [-0.05, 0) is 46.4 Å². The minimum absolute atomic E-state index is 0.00783. The Balaban J connectivity index is 1.82. The first-order valence-electron chi connectivity index (χ1n) is 8.95. The molecule has 0 bridgehead atoms. The van der Waals surface area contributed by atoms with Crippen molar-refractivity contribution in [3.63, 3.8) is 0 Å². The van der Waals surface area contributed by atoms with Crippen molar-refractivity contribution in [2.75, 3.05) is 0 Å². The second-order valence-electron chi connectivity index (χ2n) is 6.62. The molecule has 4 rings (SSSR count). The van der Waals surface area contributed by atoms with Gasteiger partial charge in [0, 0.05) is 32.9 Å². The van der Waals surface area contributed by atoms with E-state index in [0.717, 1.165) is 20.4 Å². The number of para-hydroxylation sites is 1. The van der Waals surface area contributed by atoms with Crippen LogP contribution in [0.2, 0.25) is 0 Å². The lowest BCUT2D eigenvalue weighted by Gasteiger charge is -2.30. The molecule has 142 valence electrons. The fourth-order valence-electron chi connectivity index (χ4n) is 3.41. The normalized spacial score (nSPS) is 18.1. The molecular formula is C23H16IN3O2. The average molecular weight is 493 g/mol. The van der Waals surface area contributed by atoms with Crippen molar-refractivity contribution in [3.8, 4) is 17.6 Å². The molecule has 0 amide bonds. The average Bonchev–Trinajstić information content (AvgIpc) is 2.73. The van der Waals surface area contributed by atoms with Gasteiger partial charge in [-0.25, -0.2) is 0 Å². The fourth-order valence-corrected chi connectivity index (χ4v) is 3.94. The van der Waals surface area contributed by atoms with Crippen LogP contribution >= 0.6 is 22.6 Å². The Hall–Kier alpha value is -3.18. The lowest BCUT2D eigenvalue weighted by Crippen LogP contribution is -2.31. The number of rotatable bonds is 3. The van der Waals surface area contributed by atoms with Crippen LogP contribution in [0.15, 0.2) is 71.7 Å². The van der Waals surface area contributed by atoms with Gasteiger partial charge in [0.05, 0.1) is 11.8 Å². The molecule has 3 aromatic rings. The van der Waals surface area contributed by atoms with E-state index in [1.807, 2.05) is 54.6 Å². The summed E-state index contributed by atoms with van der Waals surface area (Å²) in [6.45, 7) is 0. The van der Waals surface area contributed by atoms with Gasteiger partial charge in [-0.1, -0.05) is 42.5 Å². The van der Waals surface area contributed by atoms with E-state index in [2.05, 4.69) is 33.7 Å². The number of ether oxygens (including phenoxy) is 1. The van der Waals surface area contributed by atoms with Gasteiger partial charge in [0.1, 0.15) is 17.4 Å². The molecule has 0 aliphatic carbocycles. The highest BCUT2D eigenvalue weighted by molar-refractivity contribution is 14.1. The molecule has 29 heavy (non-hydrogen) atoms. The third-order valence-corrected chi connectivity index (χ3v) is 5.74. The highest BCUT2D eigenvalue weighted by Crippen LogP contribution is 2.44. The van der Waals surface area contributed by atoms with Crippen LogP contribution in [-0.2, 0) is 0 Å². The zero-order chi connectivity index (χ0) is 20.4. The van der Waals surface area contributed by atoms with Gasteiger partial charge in [0.2, 0.25) is 5.90 Å². The van der Waals surface area contributed by atoms with Crippen molar-refractivity contribution < 1.29 is 9.84 Å². The Labute approximate surface area is 182 Å². The smallest absolute Gasteiger partial charge is 0.205 e. The number of nitrogens with one attached hydrogen (secondary N) is 1. The molecule has 0 saturated carbocycles. The van der Waals surface area contributed by atoms with E-state index in [1.165, 1.54) is 6.07 Å². The van der Waals surface area contributed by atoms with Crippen molar-refractivity contribution in [1.29, 1.82) is 10.7 Å². The van der Waals surface area contributed by atoms with E-state index in [0.29, 0.717) is 11.3 Å². The minimum Gasteiger partial charge on any atom is -0.507 e. The standard InChI is InChI=1S/C23H16IN3O2/c24-18-8-4-5-9-19(18)27-13-15-10-16-21(11-20(15)28)29-23(26)17(12-25)22(16)14-6-2-1-3-7-14/h1-11,13,17,22,26,28H. The number of benzene rings is 3. The van der Waals surface area contributed by atoms with Crippen LogP contribution in [0.4, 0.5) is 5.69 Å². The van der Waals surface area contributed by atoms with Crippen molar-refractivity contribution in [2.45, 2.75) is 5.92 Å². The SMILES string of the molecule is N#CC1C(=N)Oc2cc(O)c(C=Nc3ccccc3I)cc2C1c1ccccc1. The van der Waals surface area contributed by atoms with Crippen molar-refractivity contribution in [2.24, 2.45) is 10.9 Å². The van der Waals surface area contributed by atoms with Crippen LogP contribution in [0.3, 0.4) is 0 Å². The zero-order valence-electron chi connectivity index (χ0n) is 15.2. The summed E-state index contributed by atoms with van der Waals surface area (Å²) < 4.78 is 6.56. The van der Waals surface area contributed by atoms with Crippen LogP contribution in [0, 0.1) is 26.2 Å². The highest BCUT2D eigenvalue weighted by atomic mass is 127. The number of hydrogen-bond acceptors (Lipinski definition) is 5. The van der Waals surface area contributed by atoms with Gasteiger partial charge in [-0.2, -0.15) is 5.26 Å². The summed E-state index contributed by atoms with van der Waals surface area (Å²) in [5.41, 5.74) is 3.00. The number of aromatic hydroxyl groups is 1. The van der Waals surface area contributed by atoms with Crippen LogP contribution in [0.25, 0.3) is 0 Å². The molecule has 3 aromatic carbocycles. The maximum Gasteiger partial charge on any atom is 0.205 e. The summed E-state index contributed by atoms with van der Waals surface area (Å²) in [6, 6.07) is 22.8. The predicted molar refractivity (Wildman–Crippen MR) is 120 cm³/mol. The number of nitrogens with zero attached hydrogens (tertiary/aromatic N) is 2. The molecule has 2 N–H and O–H groups in total. The summed E-state index contributed by atoms with van der Waals surface area (Å²) in [7, 11) is 0. The molecule has 0 fully saturated rings. The lowest BCUT2D eigenvalue weighted by atomic mass is 9.78. The zero-order valence-corrected chi connectivity index (χ0v) is 17.4. The molecule has 1 aliphatic rings. The molecule has 0 saturated heterocycles. The van der Waals surface area contributed by atoms with E-state index in [4.69, 9.17) is 10.1 Å². The van der Waals surface area contributed by atoms with Crippen molar-refractivity contribution in [1.82, 2.24) is 0 Å². The van der Waals surface area contributed by atoms with E-state index in [1.54, 1.807) is 12.3 Å². The van der Waals surface area contributed by atoms with E-state index < -0.39 is 5.92 Å². The summed E-state index contributed by atoms with van der Waals surface area (Å²) in [5.74, 6) is -0.822. The van der Waals surface area contributed by atoms with Gasteiger partial charge in [0.15, 0.2) is 0 Å². The Bertz CT molecular complexity index is 1150. The molecule has 2 unspecified atom stereocenters. The number of fused-ring (bicyclic) bond motifs is 1. The summed E-state index contributed by atoms with van der Waals surface area (Å²) in [4.78, 5) is 4.50. The van der Waals surface area contributed by atoms with Gasteiger partial charge in [-0.3, -0.25) is 10.4 Å². The lowest BCUT2D eigenvalue weighted by molar-refractivity contribution is 0.435. The predicted octanol–water partition coefficient (Wildman–Crippen LogP) is 5.39. The highest BCUT2D eigenvalue weighted by Gasteiger charge is 2.37. The number of halogens is 1. The molecule has 6 heteroatoms. The minimum atomic E-state index is -0.741. The second kappa shape index (κ2) is 8.05. The quantitative estimate of drug-likeness (QED) is 0.379. The molecule has 5 nitrogen and oxygen atoms in total. The van der Waals surface area contributed by atoms with Crippen molar-refractivity contribution in [3.05, 3.63) is 87.0 Å². The number of phenolic OH excluding ortho intramolecular Hbond substituents is 1. The largest absolute Gasteiger partial charge is 0.507 e. The Morgan fingerprint density at radius 3 is 2.55 bits per heavy atom. The molecule has 0 aromatic heterocycles. The van der Waals surface area contributed by atoms with Crippen LogP contribution in [-0.4, -0.2) is 17.2 Å². The molecule has 0 spiro atoms. The van der Waals surface area contributed by atoms with Crippen LogP contribution in [0.5, 0.6) is 11.5 Å². The number of hydrogen-bond donors (Lipinski definition) is 2. The van der Waals surface area contributed by atoms with E-state index in [-0.39, 0.29) is 17.6 Å². The van der Waals surface area contributed by atoms with E-state index in [9.17, 15) is 10.4 Å². The Kier molecular flexibility index (Phi) is 5.32. The number of nitriles is 1. The van der Waals surface area contributed by atoms with E-state index >= 15 is 0 Å². The monoisotopic (exact) mass is 493 g/mol. The molecule has 0 radical (unpaired) electrons. The second-order valence-corrected chi connectivity index (χ2v) is 7.78. The summed E-state index contributed by atoms with van der Waals surface area (Å²) >= 11 is 2.21. The maximum absolute atomic E-state index is 10.5. The molecule has 1 aliphatic heterocycles. The van der Waals surface area contributed by atoms with Crippen LogP contribution in [0.1, 0.15) is 22.6 Å². The Morgan fingerprint density at radius 2 is 1.83 bits per heavy atom. The molecule has 2 atom stereocenters.